The zero-order chi connectivity index (χ0) is 20.2. The molecule has 4 rings (SSSR count). The maximum Gasteiger partial charge on any atom is 0.240 e. The van der Waals surface area contributed by atoms with E-state index in [1.807, 2.05) is 67.4 Å². The minimum atomic E-state index is -0.184. The van der Waals surface area contributed by atoms with Gasteiger partial charge in [0.05, 0.1) is 6.54 Å². The summed E-state index contributed by atoms with van der Waals surface area (Å²) in [7, 11) is 1.86. The molecule has 29 heavy (non-hydrogen) atoms. The van der Waals surface area contributed by atoms with Crippen molar-refractivity contribution in [3.05, 3.63) is 60.2 Å². The van der Waals surface area contributed by atoms with Crippen molar-refractivity contribution < 1.29 is 18.8 Å². The van der Waals surface area contributed by atoms with Crippen molar-refractivity contribution >= 4 is 11.8 Å². The summed E-state index contributed by atoms with van der Waals surface area (Å²) in [4.78, 5) is 14.2. The fraction of sp³-hybridized carbons (Fsp3) is 0.273. The molecule has 0 fully saturated rings. The summed E-state index contributed by atoms with van der Waals surface area (Å²) in [6.45, 7) is 3.23. The first-order chi connectivity index (χ1) is 14.1. The second-order valence-corrected chi connectivity index (χ2v) is 7.18. The second-order valence-electron chi connectivity index (χ2n) is 7.18. The van der Waals surface area contributed by atoms with Gasteiger partial charge in [-0.05, 0) is 26.1 Å². The van der Waals surface area contributed by atoms with Crippen molar-refractivity contribution in [3.63, 3.8) is 0 Å². The van der Waals surface area contributed by atoms with Gasteiger partial charge in [-0.15, -0.1) is 0 Å². The third-order valence-corrected chi connectivity index (χ3v) is 4.62. The van der Waals surface area contributed by atoms with Crippen molar-refractivity contribution in [2.75, 3.05) is 32.1 Å². The molecular formula is C22H23N3O4. The maximum absolute atomic E-state index is 12.3. The second kappa shape index (κ2) is 8.36. The molecule has 1 aromatic heterocycles. The number of fused-ring (bicyclic) bond motifs is 1. The van der Waals surface area contributed by atoms with Gasteiger partial charge in [-0.3, -0.25) is 15.0 Å². The van der Waals surface area contributed by atoms with Crippen LogP contribution in [0.15, 0.2) is 59.1 Å². The Kier molecular flexibility index (Phi) is 5.48. The van der Waals surface area contributed by atoms with E-state index < -0.39 is 0 Å². The molecule has 7 heteroatoms. The van der Waals surface area contributed by atoms with Crippen LogP contribution in [-0.2, 0) is 4.79 Å². The lowest BCUT2D eigenvalue weighted by Crippen LogP contribution is -2.42. The Morgan fingerprint density at radius 3 is 2.72 bits per heavy atom. The van der Waals surface area contributed by atoms with Gasteiger partial charge in [-0.2, -0.15) is 0 Å². The Bertz CT molecular complexity index is 984. The lowest BCUT2D eigenvalue weighted by molar-refractivity contribution is -0.117. The topological polar surface area (TPSA) is 76.8 Å². The maximum atomic E-state index is 12.3. The number of hydrogen-bond acceptors (Lipinski definition) is 6. The molecule has 1 atom stereocenters. The van der Waals surface area contributed by atoms with Crippen molar-refractivity contribution in [3.8, 4) is 22.8 Å². The Morgan fingerprint density at radius 1 is 1.17 bits per heavy atom. The summed E-state index contributed by atoms with van der Waals surface area (Å²) >= 11 is 0. The molecule has 0 aliphatic carbocycles. The minimum absolute atomic E-state index is 0.138. The van der Waals surface area contributed by atoms with E-state index in [1.165, 1.54) is 5.56 Å². The van der Waals surface area contributed by atoms with E-state index >= 15 is 0 Å². The molecular weight excluding hydrogens is 370 g/mol. The van der Waals surface area contributed by atoms with E-state index in [2.05, 4.69) is 10.5 Å². The van der Waals surface area contributed by atoms with Gasteiger partial charge >= 0.3 is 0 Å². The van der Waals surface area contributed by atoms with Crippen LogP contribution in [0.1, 0.15) is 5.56 Å². The average Bonchev–Trinajstić information content (AvgIpc) is 3.16. The van der Waals surface area contributed by atoms with Crippen molar-refractivity contribution in [1.82, 2.24) is 10.1 Å². The van der Waals surface area contributed by atoms with Crippen LogP contribution in [0.4, 0.5) is 5.88 Å². The quantitative estimate of drug-likeness (QED) is 0.692. The van der Waals surface area contributed by atoms with E-state index in [0.29, 0.717) is 24.7 Å². The molecule has 2 heterocycles. The number of anilines is 1. The lowest BCUT2D eigenvalue weighted by atomic mass is 10.1. The monoisotopic (exact) mass is 393 g/mol. The SMILES string of the molecule is Cc1ccc(-c2cc(NC(=O)CN(C)C[C@@H]3COc4ccccc4O3)on2)cc1. The fourth-order valence-electron chi connectivity index (χ4n) is 3.18. The summed E-state index contributed by atoms with van der Waals surface area (Å²) in [6.07, 6.45) is -0.138. The van der Waals surface area contributed by atoms with Gasteiger partial charge in [-0.25, -0.2) is 0 Å². The standard InChI is InChI=1S/C22H23N3O4/c1-15-7-9-16(10-8-15)18-11-22(29-24-18)23-21(26)13-25(2)12-17-14-27-19-5-3-4-6-20(19)28-17/h3-11,17H,12-14H2,1-2H3,(H,23,26)/t17-/m1/s1. The highest BCUT2D eigenvalue weighted by atomic mass is 16.6. The van der Waals surface area contributed by atoms with Crippen molar-refractivity contribution in [2.45, 2.75) is 13.0 Å². The highest BCUT2D eigenvalue weighted by Gasteiger charge is 2.22. The number of rotatable bonds is 6. The van der Waals surface area contributed by atoms with Gasteiger partial charge in [-0.1, -0.05) is 47.1 Å². The highest BCUT2D eigenvalue weighted by Crippen LogP contribution is 2.31. The number of hydrogen-bond donors (Lipinski definition) is 1. The van der Waals surface area contributed by atoms with E-state index in [4.69, 9.17) is 14.0 Å². The fourth-order valence-corrected chi connectivity index (χ4v) is 3.18. The van der Waals surface area contributed by atoms with E-state index in [0.717, 1.165) is 17.1 Å². The van der Waals surface area contributed by atoms with Crippen LogP contribution in [-0.4, -0.2) is 48.8 Å². The molecule has 0 saturated carbocycles. The number of carbonyl (C=O) groups excluding carboxylic acids is 1. The Labute approximate surface area is 169 Å². The summed E-state index contributed by atoms with van der Waals surface area (Å²) < 4.78 is 16.9. The molecule has 1 aliphatic heterocycles. The summed E-state index contributed by atoms with van der Waals surface area (Å²) in [5, 5.41) is 6.77. The Balaban J connectivity index is 1.28. The number of aryl methyl sites for hydroxylation is 1. The summed E-state index contributed by atoms with van der Waals surface area (Å²) in [5.74, 6) is 1.62. The average molecular weight is 393 g/mol. The van der Waals surface area contributed by atoms with E-state index in [-0.39, 0.29) is 18.6 Å². The number of ether oxygens (including phenoxy) is 2. The van der Waals surface area contributed by atoms with Crippen LogP contribution >= 0.6 is 0 Å². The Morgan fingerprint density at radius 2 is 1.93 bits per heavy atom. The van der Waals surface area contributed by atoms with Crippen LogP contribution in [0.25, 0.3) is 11.3 Å². The van der Waals surface area contributed by atoms with Gasteiger partial charge in [0.2, 0.25) is 11.8 Å². The number of carbonyl (C=O) groups is 1. The third-order valence-electron chi connectivity index (χ3n) is 4.62. The van der Waals surface area contributed by atoms with Gasteiger partial charge in [0.25, 0.3) is 0 Å². The normalized spacial score (nSPS) is 15.3. The molecule has 2 aromatic carbocycles. The minimum Gasteiger partial charge on any atom is -0.486 e. The predicted octanol–water partition coefficient (Wildman–Crippen LogP) is 3.36. The molecule has 1 amide bonds. The zero-order valence-electron chi connectivity index (χ0n) is 16.4. The number of aromatic nitrogens is 1. The van der Waals surface area contributed by atoms with Gasteiger partial charge < -0.3 is 14.0 Å². The number of benzene rings is 2. The van der Waals surface area contributed by atoms with Crippen molar-refractivity contribution in [2.24, 2.45) is 0 Å². The first kappa shape index (κ1) is 19.0. The number of nitrogens with one attached hydrogen (secondary N) is 1. The number of para-hydroxylation sites is 2. The largest absolute Gasteiger partial charge is 0.486 e. The van der Waals surface area contributed by atoms with Gasteiger partial charge in [0.1, 0.15) is 18.4 Å². The molecule has 1 N–H and O–H groups in total. The molecule has 150 valence electrons. The third kappa shape index (κ3) is 4.75. The first-order valence-electron chi connectivity index (χ1n) is 9.47. The van der Waals surface area contributed by atoms with E-state index in [1.54, 1.807) is 6.07 Å². The molecule has 0 spiro atoms. The summed E-state index contributed by atoms with van der Waals surface area (Å²) in [5.41, 5.74) is 2.79. The van der Waals surface area contributed by atoms with Crippen LogP contribution in [0.2, 0.25) is 0 Å². The molecule has 1 aliphatic rings. The molecule has 0 bridgehead atoms. The van der Waals surface area contributed by atoms with Gasteiger partial charge in [0, 0.05) is 18.2 Å². The van der Waals surface area contributed by atoms with Crippen LogP contribution in [0.5, 0.6) is 11.5 Å². The van der Waals surface area contributed by atoms with Crippen LogP contribution < -0.4 is 14.8 Å². The Hall–Kier alpha value is -3.32. The lowest BCUT2D eigenvalue weighted by Gasteiger charge is -2.29. The van der Waals surface area contributed by atoms with Crippen LogP contribution in [0, 0.1) is 6.92 Å². The van der Waals surface area contributed by atoms with Crippen LogP contribution in [0.3, 0.4) is 0 Å². The molecule has 0 unspecified atom stereocenters. The van der Waals surface area contributed by atoms with Crippen molar-refractivity contribution in [1.29, 1.82) is 0 Å². The predicted molar refractivity (Wildman–Crippen MR) is 109 cm³/mol. The smallest absolute Gasteiger partial charge is 0.240 e. The number of nitrogens with zero attached hydrogens (tertiary/aromatic N) is 2. The summed E-state index contributed by atoms with van der Waals surface area (Å²) in [6, 6.07) is 17.2. The van der Waals surface area contributed by atoms with Gasteiger partial charge in [0.15, 0.2) is 11.5 Å². The zero-order valence-corrected chi connectivity index (χ0v) is 16.4. The molecule has 0 saturated heterocycles. The number of likely N-dealkylation sites (N-methyl/N-ethyl adjacent to an activating group) is 1. The molecule has 3 aromatic rings. The number of amides is 1. The highest BCUT2D eigenvalue weighted by molar-refractivity contribution is 5.91. The molecule has 0 radical (unpaired) electrons. The first-order valence-corrected chi connectivity index (χ1v) is 9.47. The molecule has 7 nitrogen and oxygen atoms in total. The van der Waals surface area contributed by atoms with E-state index in [9.17, 15) is 4.79 Å².